The van der Waals surface area contributed by atoms with Gasteiger partial charge in [0.2, 0.25) is 0 Å². The highest BCUT2D eigenvalue weighted by atomic mass is 35.5. The summed E-state index contributed by atoms with van der Waals surface area (Å²) in [4.78, 5) is 0. The largest absolute Gasteiger partial charge is 0.495 e. The van der Waals surface area contributed by atoms with Gasteiger partial charge in [0.05, 0.1) is 34.0 Å². The van der Waals surface area contributed by atoms with Crippen LogP contribution in [0.25, 0.3) is 0 Å². The summed E-state index contributed by atoms with van der Waals surface area (Å²) in [6.07, 6.45) is 0. The van der Waals surface area contributed by atoms with E-state index >= 15 is 0 Å². The second-order valence-electron chi connectivity index (χ2n) is 6.54. The van der Waals surface area contributed by atoms with E-state index in [9.17, 15) is 4.39 Å². The minimum atomic E-state index is -0.441. The standard InChI is InChI=1S/C23H15Cl3FN3O/c1-31-21-12-17(9-7-14(21)5-6-15-11-16(24)8-10-18(15)25)30-13-28-23(29-30)22-19(26)3-2-4-20(22)27/h2-4,7-12H,13H2,1H3,(H,28,29). The molecule has 156 valence electrons. The first-order chi connectivity index (χ1) is 15.0. The lowest BCUT2D eigenvalue weighted by Crippen LogP contribution is -2.25. The Bertz CT molecular complexity index is 1230. The highest BCUT2D eigenvalue weighted by Gasteiger charge is 2.22. The molecule has 1 aliphatic heterocycles. The third kappa shape index (κ3) is 4.57. The molecule has 0 saturated carbocycles. The lowest BCUT2D eigenvalue weighted by Gasteiger charge is -2.14. The fourth-order valence-electron chi connectivity index (χ4n) is 3.02. The minimum Gasteiger partial charge on any atom is -0.495 e. The Morgan fingerprint density at radius 1 is 1.00 bits per heavy atom. The summed E-state index contributed by atoms with van der Waals surface area (Å²) in [7, 11) is 1.56. The fraction of sp³-hybridized carbons (Fsp3) is 0.0870. The van der Waals surface area contributed by atoms with Crippen LogP contribution in [-0.2, 0) is 0 Å². The molecule has 0 amide bonds. The van der Waals surface area contributed by atoms with E-state index in [2.05, 4.69) is 22.3 Å². The van der Waals surface area contributed by atoms with E-state index in [0.29, 0.717) is 39.4 Å². The molecular formula is C23H15Cl3FN3O. The van der Waals surface area contributed by atoms with Gasteiger partial charge in [-0.2, -0.15) is 5.10 Å². The fourth-order valence-corrected chi connectivity index (χ4v) is 3.61. The quantitative estimate of drug-likeness (QED) is 0.479. The summed E-state index contributed by atoms with van der Waals surface area (Å²) >= 11 is 18.3. The van der Waals surface area contributed by atoms with E-state index in [0.717, 1.165) is 5.69 Å². The molecule has 1 heterocycles. The number of methoxy groups -OCH3 is 1. The number of amidine groups is 1. The topological polar surface area (TPSA) is 36.9 Å². The SMILES string of the molecule is COc1cc(N2CNC(c3c(F)cccc3Cl)=N2)ccc1C#Cc1cc(Cl)ccc1Cl. The number of nitrogens with zero attached hydrogens (tertiary/aromatic N) is 2. The van der Waals surface area contributed by atoms with Crippen LogP contribution in [-0.4, -0.2) is 19.6 Å². The Labute approximate surface area is 194 Å². The zero-order chi connectivity index (χ0) is 22.0. The molecule has 31 heavy (non-hydrogen) atoms. The maximum Gasteiger partial charge on any atom is 0.159 e. The van der Waals surface area contributed by atoms with Gasteiger partial charge in [-0.05, 0) is 42.5 Å². The molecule has 1 aliphatic rings. The van der Waals surface area contributed by atoms with Crippen molar-refractivity contribution in [1.29, 1.82) is 0 Å². The molecule has 3 aromatic carbocycles. The summed E-state index contributed by atoms with van der Waals surface area (Å²) in [5.41, 5.74) is 2.29. The van der Waals surface area contributed by atoms with E-state index in [1.807, 2.05) is 12.1 Å². The Morgan fingerprint density at radius 2 is 1.81 bits per heavy atom. The van der Waals surface area contributed by atoms with E-state index in [4.69, 9.17) is 39.5 Å². The Kier molecular flexibility index (Phi) is 6.24. The van der Waals surface area contributed by atoms with Gasteiger partial charge in [0.25, 0.3) is 0 Å². The smallest absolute Gasteiger partial charge is 0.159 e. The summed E-state index contributed by atoms with van der Waals surface area (Å²) in [6.45, 7) is 0.353. The predicted molar refractivity (Wildman–Crippen MR) is 124 cm³/mol. The summed E-state index contributed by atoms with van der Waals surface area (Å²) in [6, 6.07) is 15.1. The van der Waals surface area contributed by atoms with Gasteiger partial charge in [-0.3, -0.25) is 0 Å². The van der Waals surface area contributed by atoms with Crippen LogP contribution in [0.4, 0.5) is 10.1 Å². The van der Waals surface area contributed by atoms with Crippen molar-refractivity contribution >= 4 is 46.3 Å². The van der Waals surface area contributed by atoms with Crippen LogP contribution < -0.4 is 15.1 Å². The number of nitrogens with one attached hydrogen (secondary N) is 1. The zero-order valence-electron chi connectivity index (χ0n) is 16.2. The predicted octanol–water partition coefficient (Wildman–Crippen LogP) is 5.92. The highest BCUT2D eigenvalue weighted by molar-refractivity contribution is 6.34. The number of rotatable bonds is 3. The molecule has 1 N–H and O–H groups in total. The number of benzene rings is 3. The molecule has 4 nitrogen and oxygen atoms in total. The van der Waals surface area contributed by atoms with Crippen molar-refractivity contribution in [2.45, 2.75) is 0 Å². The van der Waals surface area contributed by atoms with Crippen molar-refractivity contribution in [2.75, 3.05) is 18.8 Å². The van der Waals surface area contributed by atoms with Crippen LogP contribution in [0.3, 0.4) is 0 Å². The van der Waals surface area contributed by atoms with Crippen LogP contribution in [0.1, 0.15) is 16.7 Å². The van der Waals surface area contributed by atoms with Gasteiger partial charge in [0.15, 0.2) is 5.84 Å². The van der Waals surface area contributed by atoms with Gasteiger partial charge in [-0.15, -0.1) is 0 Å². The van der Waals surface area contributed by atoms with Crippen LogP contribution in [0, 0.1) is 17.7 Å². The monoisotopic (exact) mass is 473 g/mol. The third-order valence-corrected chi connectivity index (χ3v) is 5.44. The lowest BCUT2D eigenvalue weighted by molar-refractivity contribution is 0.413. The molecule has 8 heteroatoms. The molecule has 0 aliphatic carbocycles. The molecule has 0 fully saturated rings. The summed E-state index contributed by atoms with van der Waals surface area (Å²) in [5.74, 6) is 6.57. The maximum absolute atomic E-state index is 14.2. The zero-order valence-corrected chi connectivity index (χ0v) is 18.5. The van der Waals surface area contributed by atoms with Gasteiger partial charge in [-0.1, -0.05) is 52.7 Å². The molecule has 0 spiro atoms. The maximum atomic E-state index is 14.2. The van der Waals surface area contributed by atoms with Crippen molar-refractivity contribution in [1.82, 2.24) is 5.32 Å². The molecule has 3 aromatic rings. The molecule has 4 rings (SSSR count). The minimum absolute atomic E-state index is 0.236. The number of anilines is 1. The van der Waals surface area contributed by atoms with Crippen molar-refractivity contribution < 1.29 is 9.13 Å². The Balaban J connectivity index is 1.63. The van der Waals surface area contributed by atoms with Crippen LogP contribution >= 0.6 is 34.8 Å². The van der Waals surface area contributed by atoms with Crippen molar-refractivity contribution in [3.8, 4) is 17.6 Å². The van der Waals surface area contributed by atoms with Gasteiger partial charge >= 0.3 is 0 Å². The summed E-state index contributed by atoms with van der Waals surface area (Å²) < 4.78 is 19.7. The van der Waals surface area contributed by atoms with Crippen LogP contribution in [0.2, 0.25) is 15.1 Å². The molecule has 0 bridgehead atoms. The lowest BCUT2D eigenvalue weighted by atomic mass is 10.1. The average Bonchev–Trinajstić information content (AvgIpc) is 3.24. The number of hydrogen-bond donors (Lipinski definition) is 1. The third-order valence-electron chi connectivity index (χ3n) is 4.56. The number of ether oxygens (including phenoxy) is 1. The van der Waals surface area contributed by atoms with E-state index < -0.39 is 5.82 Å². The van der Waals surface area contributed by atoms with Gasteiger partial charge in [0, 0.05) is 16.7 Å². The summed E-state index contributed by atoms with van der Waals surface area (Å²) in [5, 5.41) is 10.6. The van der Waals surface area contributed by atoms with Gasteiger partial charge in [0.1, 0.15) is 18.2 Å². The number of halogens is 4. The second kappa shape index (κ2) is 9.07. The Morgan fingerprint density at radius 3 is 2.58 bits per heavy atom. The normalized spacial score (nSPS) is 12.7. The van der Waals surface area contributed by atoms with Crippen LogP contribution in [0.15, 0.2) is 59.7 Å². The van der Waals surface area contributed by atoms with Crippen molar-refractivity contribution in [3.05, 3.63) is 92.2 Å². The second-order valence-corrected chi connectivity index (χ2v) is 7.79. The molecule has 0 aromatic heterocycles. The van der Waals surface area contributed by atoms with Gasteiger partial charge < -0.3 is 10.1 Å². The van der Waals surface area contributed by atoms with Crippen molar-refractivity contribution in [3.63, 3.8) is 0 Å². The first kappa shape index (κ1) is 21.3. The van der Waals surface area contributed by atoms with E-state index in [-0.39, 0.29) is 10.6 Å². The van der Waals surface area contributed by atoms with E-state index in [1.165, 1.54) is 6.07 Å². The molecule has 0 radical (unpaired) electrons. The number of hydrogen-bond acceptors (Lipinski definition) is 4. The molecule has 0 saturated heterocycles. The van der Waals surface area contributed by atoms with E-state index in [1.54, 1.807) is 48.5 Å². The first-order valence-electron chi connectivity index (χ1n) is 9.16. The molecule has 0 unspecified atom stereocenters. The first-order valence-corrected chi connectivity index (χ1v) is 10.3. The van der Waals surface area contributed by atoms with Crippen LogP contribution in [0.5, 0.6) is 5.75 Å². The average molecular weight is 475 g/mol. The number of hydrazone groups is 1. The molecule has 0 atom stereocenters. The highest BCUT2D eigenvalue weighted by Crippen LogP contribution is 2.28. The van der Waals surface area contributed by atoms with Crippen molar-refractivity contribution in [2.24, 2.45) is 5.10 Å². The Hall–Kier alpha value is -2.91. The molecular weight excluding hydrogens is 460 g/mol. The van der Waals surface area contributed by atoms with Gasteiger partial charge in [-0.25, -0.2) is 9.40 Å².